The zero-order valence-electron chi connectivity index (χ0n) is 14.2. The van der Waals surface area contributed by atoms with Crippen LogP contribution in [0, 0.1) is 11.3 Å². The molecule has 0 heterocycles. The summed E-state index contributed by atoms with van der Waals surface area (Å²) in [5, 5.41) is 0. The molecule has 1 nitrogen and oxygen atoms in total. The summed E-state index contributed by atoms with van der Waals surface area (Å²) in [7, 11) is 0. The van der Waals surface area contributed by atoms with Crippen LogP contribution in [0.2, 0.25) is 0 Å². The van der Waals surface area contributed by atoms with Gasteiger partial charge in [-0.15, -0.1) is 0 Å². The van der Waals surface area contributed by atoms with Gasteiger partial charge in [-0.2, -0.15) is 0 Å². The topological polar surface area (TPSA) is 17.1 Å². The first-order valence-corrected chi connectivity index (χ1v) is 9.24. The predicted molar refractivity (Wildman–Crippen MR) is 92.3 cm³/mol. The number of benzene rings is 1. The number of carbonyl (C=O) groups excluding carboxylic acids is 1. The van der Waals surface area contributed by atoms with Crippen molar-refractivity contribution in [3.05, 3.63) is 35.4 Å². The molecule has 1 heteroatoms. The Morgan fingerprint density at radius 2 is 1.41 bits per heavy atom. The molecule has 0 radical (unpaired) electrons. The molecule has 0 bridgehead atoms. The third-order valence-corrected chi connectivity index (χ3v) is 6.21. The number of hydrogen-bond donors (Lipinski definition) is 0. The first kappa shape index (κ1) is 15.8. The molecule has 0 aromatic heterocycles. The number of hydrogen-bond acceptors (Lipinski definition) is 1. The average Bonchev–Trinajstić information content (AvgIpc) is 3.10. The Labute approximate surface area is 135 Å². The van der Waals surface area contributed by atoms with E-state index in [9.17, 15) is 4.79 Å². The summed E-state index contributed by atoms with van der Waals surface area (Å²) in [5.74, 6) is 1.63. The van der Waals surface area contributed by atoms with E-state index in [-0.39, 0.29) is 5.41 Å². The lowest BCUT2D eigenvalue weighted by Crippen LogP contribution is -2.31. The minimum Gasteiger partial charge on any atom is -0.294 e. The normalized spacial score (nSPS) is 21.2. The largest absolute Gasteiger partial charge is 0.294 e. The summed E-state index contributed by atoms with van der Waals surface area (Å²) in [4.78, 5) is 12.9. The van der Waals surface area contributed by atoms with Crippen molar-refractivity contribution in [2.75, 3.05) is 0 Å². The molecule has 22 heavy (non-hydrogen) atoms. The van der Waals surface area contributed by atoms with E-state index in [1.165, 1.54) is 63.4 Å². The molecule has 0 N–H and O–H groups in total. The van der Waals surface area contributed by atoms with E-state index in [1.807, 2.05) is 0 Å². The van der Waals surface area contributed by atoms with Gasteiger partial charge in [0.25, 0.3) is 0 Å². The lowest BCUT2D eigenvalue weighted by Gasteiger charge is -2.30. The van der Waals surface area contributed by atoms with Gasteiger partial charge in [0.1, 0.15) is 0 Å². The third-order valence-electron chi connectivity index (χ3n) is 6.21. The SMILES string of the molecule is CC(C)(C(=O)c1ccc(C2CCCCC2)cc1)C1CCCC1. The molecule has 3 rings (SSSR count). The Balaban J connectivity index is 1.72. The van der Waals surface area contributed by atoms with Crippen LogP contribution in [-0.4, -0.2) is 5.78 Å². The molecule has 0 spiro atoms. The monoisotopic (exact) mass is 298 g/mol. The fourth-order valence-electron chi connectivity index (χ4n) is 4.55. The maximum atomic E-state index is 12.9. The second-order valence-corrected chi connectivity index (χ2v) is 7.99. The summed E-state index contributed by atoms with van der Waals surface area (Å²) < 4.78 is 0. The second kappa shape index (κ2) is 6.56. The molecule has 0 saturated heterocycles. The Morgan fingerprint density at radius 3 is 2.00 bits per heavy atom. The highest BCUT2D eigenvalue weighted by atomic mass is 16.1. The zero-order valence-corrected chi connectivity index (χ0v) is 14.2. The van der Waals surface area contributed by atoms with Crippen molar-refractivity contribution in [2.45, 2.75) is 77.6 Å². The Hall–Kier alpha value is -1.11. The van der Waals surface area contributed by atoms with E-state index in [0.717, 1.165) is 11.5 Å². The number of Topliss-reactive ketones (excluding diaryl/α,β-unsaturated/α-hetero) is 1. The second-order valence-electron chi connectivity index (χ2n) is 7.99. The van der Waals surface area contributed by atoms with Gasteiger partial charge in [-0.1, -0.05) is 70.2 Å². The van der Waals surface area contributed by atoms with E-state index >= 15 is 0 Å². The zero-order chi connectivity index (χ0) is 15.6. The van der Waals surface area contributed by atoms with Crippen molar-refractivity contribution in [1.82, 2.24) is 0 Å². The van der Waals surface area contributed by atoms with Crippen molar-refractivity contribution < 1.29 is 4.79 Å². The average molecular weight is 298 g/mol. The summed E-state index contributed by atoms with van der Waals surface area (Å²) in [5.41, 5.74) is 2.15. The van der Waals surface area contributed by atoms with Gasteiger partial charge < -0.3 is 0 Å². The lowest BCUT2D eigenvalue weighted by atomic mass is 9.72. The Bertz CT molecular complexity index is 499. The van der Waals surface area contributed by atoms with Crippen molar-refractivity contribution >= 4 is 5.78 Å². The van der Waals surface area contributed by atoms with E-state index in [0.29, 0.717) is 11.7 Å². The van der Waals surface area contributed by atoms with E-state index in [1.54, 1.807) is 0 Å². The van der Waals surface area contributed by atoms with Crippen LogP contribution in [0.4, 0.5) is 0 Å². The predicted octanol–water partition coefficient (Wildman–Crippen LogP) is 6.13. The smallest absolute Gasteiger partial charge is 0.168 e. The van der Waals surface area contributed by atoms with E-state index in [4.69, 9.17) is 0 Å². The molecule has 120 valence electrons. The fraction of sp³-hybridized carbons (Fsp3) is 0.667. The quantitative estimate of drug-likeness (QED) is 0.611. The van der Waals surface area contributed by atoms with Crippen LogP contribution >= 0.6 is 0 Å². The van der Waals surface area contributed by atoms with Crippen molar-refractivity contribution in [3.63, 3.8) is 0 Å². The molecule has 0 unspecified atom stereocenters. The molecule has 0 atom stereocenters. The molecular formula is C21H30O. The van der Waals surface area contributed by atoms with Crippen LogP contribution in [0.3, 0.4) is 0 Å². The van der Waals surface area contributed by atoms with Gasteiger partial charge in [-0.05, 0) is 43.1 Å². The van der Waals surface area contributed by atoms with Gasteiger partial charge in [0.15, 0.2) is 5.78 Å². The van der Waals surface area contributed by atoms with Gasteiger partial charge in [0.05, 0.1) is 0 Å². The highest BCUT2D eigenvalue weighted by Crippen LogP contribution is 2.42. The maximum absolute atomic E-state index is 12.9. The summed E-state index contributed by atoms with van der Waals surface area (Å²) in [6, 6.07) is 8.61. The van der Waals surface area contributed by atoms with Crippen molar-refractivity contribution in [1.29, 1.82) is 0 Å². The summed E-state index contributed by atoms with van der Waals surface area (Å²) >= 11 is 0. The van der Waals surface area contributed by atoms with Gasteiger partial charge in [0, 0.05) is 11.0 Å². The van der Waals surface area contributed by atoms with Gasteiger partial charge >= 0.3 is 0 Å². The standard InChI is InChI=1S/C21H30O/c1-21(2,19-10-6-7-11-19)20(22)18-14-12-17(13-15-18)16-8-4-3-5-9-16/h12-16,19H,3-11H2,1-2H3. The van der Waals surface area contributed by atoms with Crippen LogP contribution in [-0.2, 0) is 0 Å². The highest BCUT2D eigenvalue weighted by Gasteiger charge is 2.38. The van der Waals surface area contributed by atoms with Gasteiger partial charge in [-0.3, -0.25) is 4.79 Å². The summed E-state index contributed by atoms with van der Waals surface area (Å²) in [6.45, 7) is 4.31. The molecular weight excluding hydrogens is 268 g/mol. The molecule has 2 fully saturated rings. The van der Waals surface area contributed by atoms with Gasteiger partial charge in [-0.25, -0.2) is 0 Å². The molecule has 0 amide bonds. The Kier molecular flexibility index (Phi) is 4.70. The molecule has 0 aliphatic heterocycles. The number of rotatable bonds is 4. The first-order valence-electron chi connectivity index (χ1n) is 9.24. The minimum absolute atomic E-state index is 0.206. The van der Waals surface area contributed by atoms with Crippen LogP contribution in [0.15, 0.2) is 24.3 Å². The number of ketones is 1. The lowest BCUT2D eigenvalue weighted by molar-refractivity contribution is 0.0746. The maximum Gasteiger partial charge on any atom is 0.168 e. The third kappa shape index (κ3) is 3.14. The number of carbonyl (C=O) groups is 1. The Morgan fingerprint density at radius 1 is 0.864 bits per heavy atom. The molecule has 2 aliphatic rings. The van der Waals surface area contributed by atoms with Crippen LogP contribution in [0.25, 0.3) is 0 Å². The van der Waals surface area contributed by atoms with E-state index < -0.39 is 0 Å². The molecule has 2 saturated carbocycles. The van der Waals surface area contributed by atoms with Crippen LogP contribution in [0.1, 0.15) is 93.5 Å². The molecule has 2 aliphatic carbocycles. The fourth-order valence-corrected chi connectivity index (χ4v) is 4.55. The van der Waals surface area contributed by atoms with Crippen LogP contribution in [0.5, 0.6) is 0 Å². The summed E-state index contributed by atoms with van der Waals surface area (Å²) in [6.07, 6.45) is 11.8. The van der Waals surface area contributed by atoms with Gasteiger partial charge in [0.2, 0.25) is 0 Å². The minimum atomic E-state index is -0.206. The van der Waals surface area contributed by atoms with Crippen molar-refractivity contribution in [3.8, 4) is 0 Å². The molecule has 1 aromatic carbocycles. The highest BCUT2D eigenvalue weighted by molar-refractivity contribution is 6.00. The van der Waals surface area contributed by atoms with E-state index in [2.05, 4.69) is 38.1 Å². The molecule has 1 aromatic rings. The first-order chi connectivity index (χ1) is 10.6. The van der Waals surface area contributed by atoms with Crippen LogP contribution < -0.4 is 0 Å². The van der Waals surface area contributed by atoms with Crippen molar-refractivity contribution in [2.24, 2.45) is 11.3 Å².